The van der Waals surface area contributed by atoms with E-state index in [2.05, 4.69) is 34.4 Å². The van der Waals surface area contributed by atoms with Gasteiger partial charge in [-0.1, -0.05) is 6.07 Å². The van der Waals surface area contributed by atoms with Gasteiger partial charge in [-0.15, -0.1) is 0 Å². The van der Waals surface area contributed by atoms with Crippen molar-refractivity contribution in [2.75, 3.05) is 25.0 Å². The quantitative estimate of drug-likeness (QED) is 0.851. The van der Waals surface area contributed by atoms with Crippen LogP contribution in [0, 0.1) is 0 Å². The van der Waals surface area contributed by atoms with Gasteiger partial charge in [0.15, 0.2) is 0 Å². The van der Waals surface area contributed by atoms with Crippen LogP contribution in [-0.2, 0) is 17.6 Å². The van der Waals surface area contributed by atoms with Crippen molar-refractivity contribution in [3.8, 4) is 0 Å². The fourth-order valence-electron chi connectivity index (χ4n) is 2.16. The third kappa shape index (κ3) is 2.96. The number of rotatable bonds is 3. The van der Waals surface area contributed by atoms with Crippen LogP contribution in [0.1, 0.15) is 24.6 Å². The number of aryl methyl sites for hydroxylation is 1. The monoisotopic (exact) mass is 233 g/mol. The first kappa shape index (κ1) is 11.9. The second kappa shape index (κ2) is 5.17. The zero-order valence-corrected chi connectivity index (χ0v) is 10.5. The number of hydrogen-bond acceptors (Lipinski definition) is 3. The number of pyridine rings is 1. The number of fused-ring (bicyclic) bond motifs is 1. The Balaban J connectivity index is 2.04. The minimum atomic E-state index is 0.0140. The molecule has 0 saturated carbocycles. The lowest BCUT2D eigenvalue weighted by Crippen LogP contribution is -2.27. The zero-order chi connectivity index (χ0) is 12.3. The minimum absolute atomic E-state index is 0.0140. The highest BCUT2D eigenvalue weighted by Crippen LogP contribution is 2.23. The number of carbonyl (C=O) groups excluding carboxylic acids is 1. The molecule has 0 aromatic carbocycles. The second-order valence-electron chi connectivity index (χ2n) is 4.54. The van der Waals surface area contributed by atoms with Gasteiger partial charge in [0, 0.05) is 39.2 Å². The number of carbonyl (C=O) groups is 1. The van der Waals surface area contributed by atoms with Crippen molar-refractivity contribution in [2.45, 2.75) is 26.2 Å². The van der Waals surface area contributed by atoms with E-state index in [4.69, 9.17) is 0 Å². The molecule has 2 rings (SSSR count). The van der Waals surface area contributed by atoms with Crippen molar-refractivity contribution in [3.05, 3.63) is 23.4 Å². The summed E-state index contributed by atoms with van der Waals surface area (Å²) >= 11 is 0. The van der Waals surface area contributed by atoms with E-state index >= 15 is 0 Å². The Morgan fingerprint density at radius 2 is 2.35 bits per heavy atom. The minimum Gasteiger partial charge on any atom is -0.359 e. The molecular weight excluding hydrogens is 214 g/mol. The summed E-state index contributed by atoms with van der Waals surface area (Å²) in [6, 6.07) is 4.24. The summed E-state index contributed by atoms with van der Waals surface area (Å²) in [5.74, 6) is 1.12. The van der Waals surface area contributed by atoms with Crippen LogP contribution in [-0.4, -0.2) is 31.0 Å². The number of anilines is 1. The maximum absolute atomic E-state index is 10.8. The van der Waals surface area contributed by atoms with Gasteiger partial charge in [-0.25, -0.2) is 4.98 Å². The van der Waals surface area contributed by atoms with Crippen molar-refractivity contribution in [1.82, 2.24) is 10.3 Å². The number of nitrogens with zero attached hydrogens (tertiary/aromatic N) is 2. The first-order valence-corrected chi connectivity index (χ1v) is 6.11. The molecule has 0 unspecified atom stereocenters. The fraction of sp³-hybridized carbons (Fsp3) is 0.538. The molecule has 1 aromatic heterocycles. The van der Waals surface area contributed by atoms with E-state index in [9.17, 15) is 4.79 Å². The largest absolute Gasteiger partial charge is 0.359 e. The lowest BCUT2D eigenvalue weighted by molar-refractivity contribution is -0.118. The smallest absolute Gasteiger partial charge is 0.216 e. The fourth-order valence-corrected chi connectivity index (χ4v) is 2.16. The Morgan fingerprint density at radius 3 is 3.12 bits per heavy atom. The maximum atomic E-state index is 10.8. The summed E-state index contributed by atoms with van der Waals surface area (Å²) in [7, 11) is 2.09. The third-order valence-corrected chi connectivity index (χ3v) is 3.07. The summed E-state index contributed by atoms with van der Waals surface area (Å²) in [5.41, 5.74) is 2.38. The molecule has 0 atom stereocenters. The second-order valence-corrected chi connectivity index (χ2v) is 4.54. The van der Waals surface area contributed by atoms with E-state index in [0.717, 1.165) is 30.9 Å². The Morgan fingerprint density at radius 1 is 1.53 bits per heavy atom. The van der Waals surface area contributed by atoms with Crippen molar-refractivity contribution < 1.29 is 4.79 Å². The SMILES string of the molecule is CC(=O)NCCc1ccc2c(n1)N(C)CCC2. The molecule has 2 heterocycles. The molecule has 0 bridgehead atoms. The van der Waals surface area contributed by atoms with Gasteiger partial charge in [0.1, 0.15) is 5.82 Å². The predicted molar refractivity (Wildman–Crippen MR) is 68.2 cm³/mol. The Kier molecular flexibility index (Phi) is 3.61. The molecule has 0 spiro atoms. The normalized spacial score (nSPS) is 14.4. The molecule has 1 aliphatic rings. The molecule has 92 valence electrons. The van der Waals surface area contributed by atoms with Gasteiger partial charge in [-0.3, -0.25) is 4.79 Å². The van der Waals surface area contributed by atoms with Crippen molar-refractivity contribution in [1.29, 1.82) is 0 Å². The van der Waals surface area contributed by atoms with Gasteiger partial charge < -0.3 is 10.2 Å². The standard InChI is InChI=1S/C13H19N3O/c1-10(17)14-8-7-12-6-5-11-4-3-9-16(2)13(11)15-12/h5-6H,3-4,7-9H2,1-2H3,(H,14,17). The van der Waals surface area contributed by atoms with Crippen LogP contribution < -0.4 is 10.2 Å². The van der Waals surface area contributed by atoms with Crippen LogP contribution in [0.25, 0.3) is 0 Å². The Bertz CT molecular complexity index is 417. The first-order chi connectivity index (χ1) is 8.16. The lowest BCUT2D eigenvalue weighted by Gasteiger charge is -2.26. The van der Waals surface area contributed by atoms with Gasteiger partial charge in [-0.2, -0.15) is 0 Å². The maximum Gasteiger partial charge on any atom is 0.216 e. The van der Waals surface area contributed by atoms with Crippen LogP contribution in [0.4, 0.5) is 5.82 Å². The van der Waals surface area contributed by atoms with Gasteiger partial charge >= 0.3 is 0 Å². The van der Waals surface area contributed by atoms with Gasteiger partial charge in [0.2, 0.25) is 5.91 Å². The summed E-state index contributed by atoms with van der Waals surface area (Å²) < 4.78 is 0. The molecule has 1 aliphatic heterocycles. The number of nitrogens with one attached hydrogen (secondary N) is 1. The van der Waals surface area contributed by atoms with Crippen molar-refractivity contribution in [3.63, 3.8) is 0 Å². The van der Waals surface area contributed by atoms with Gasteiger partial charge in [-0.05, 0) is 24.5 Å². The van der Waals surface area contributed by atoms with Gasteiger partial charge in [0.25, 0.3) is 0 Å². The van der Waals surface area contributed by atoms with Crippen LogP contribution in [0.3, 0.4) is 0 Å². The molecule has 0 radical (unpaired) electrons. The summed E-state index contributed by atoms with van der Waals surface area (Å²) in [6.45, 7) is 3.27. The molecule has 17 heavy (non-hydrogen) atoms. The highest BCUT2D eigenvalue weighted by molar-refractivity contribution is 5.72. The average Bonchev–Trinajstić information content (AvgIpc) is 2.30. The summed E-state index contributed by atoms with van der Waals surface area (Å²) in [4.78, 5) is 17.7. The highest BCUT2D eigenvalue weighted by atomic mass is 16.1. The van der Waals surface area contributed by atoms with Crippen LogP contribution >= 0.6 is 0 Å². The van der Waals surface area contributed by atoms with E-state index in [-0.39, 0.29) is 5.91 Å². The molecule has 0 saturated heterocycles. The summed E-state index contributed by atoms with van der Waals surface area (Å²) in [6.07, 6.45) is 3.12. The third-order valence-electron chi connectivity index (χ3n) is 3.07. The van der Waals surface area contributed by atoms with Crippen LogP contribution in [0.15, 0.2) is 12.1 Å². The number of hydrogen-bond donors (Lipinski definition) is 1. The van der Waals surface area contributed by atoms with Gasteiger partial charge in [0.05, 0.1) is 0 Å². The zero-order valence-electron chi connectivity index (χ0n) is 10.5. The van der Waals surface area contributed by atoms with Crippen molar-refractivity contribution >= 4 is 11.7 Å². The summed E-state index contributed by atoms with van der Waals surface area (Å²) in [5, 5.41) is 2.79. The predicted octanol–water partition coefficient (Wildman–Crippen LogP) is 1.14. The molecule has 0 aliphatic carbocycles. The topological polar surface area (TPSA) is 45.2 Å². The lowest BCUT2D eigenvalue weighted by atomic mass is 10.1. The van der Waals surface area contributed by atoms with Crippen molar-refractivity contribution in [2.24, 2.45) is 0 Å². The van der Waals surface area contributed by atoms with E-state index in [1.165, 1.54) is 18.9 Å². The molecule has 1 N–H and O–H groups in total. The number of aromatic nitrogens is 1. The van der Waals surface area contributed by atoms with E-state index in [0.29, 0.717) is 6.54 Å². The molecule has 0 fully saturated rings. The van der Waals surface area contributed by atoms with E-state index in [1.807, 2.05) is 0 Å². The highest BCUT2D eigenvalue weighted by Gasteiger charge is 2.15. The first-order valence-electron chi connectivity index (χ1n) is 6.11. The molecule has 4 heteroatoms. The average molecular weight is 233 g/mol. The molecule has 1 amide bonds. The van der Waals surface area contributed by atoms with E-state index < -0.39 is 0 Å². The van der Waals surface area contributed by atoms with Crippen LogP contribution in [0.2, 0.25) is 0 Å². The number of amides is 1. The molecule has 1 aromatic rings. The Labute approximate surface area is 102 Å². The molecule has 4 nitrogen and oxygen atoms in total. The molecular formula is C13H19N3O. The Hall–Kier alpha value is -1.58. The van der Waals surface area contributed by atoms with E-state index in [1.54, 1.807) is 0 Å². The van der Waals surface area contributed by atoms with Crippen LogP contribution in [0.5, 0.6) is 0 Å².